The maximum Gasteiger partial charge on any atom is 0.242 e. The Labute approximate surface area is 176 Å². The summed E-state index contributed by atoms with van der Waals surface area (Å²) in [5.41, 5.74) is 3.30. The van der Waals surface area contributed by atoms with Crippen molar-refractivity contribution in [2.24, 2.45) is 0 Å². The van der Waals surface area contributed by atoms with Gasteiger partial charge in [0.1, 0.15) is 29.2 Å². The average molecular weight is 409 g/mol. The lowest BCUT2D eigenvalue weighted by Crippen LogP contribution is -2.50. The molecule has 2 aliphatic rings. The number of amides is 1. The van der Waals surface area contributed by atoms with Crippen LogP contribution in [0.3, 0.4) is 0 Å². The number of likely N-dealkylation sites (N-methyl/N-ethyl adjacent to an activating group) is 1. The van der Waals surface area contributed by atoms with Crippen molar-refractivity contribution in [3.63, 3.8) is 0 Å². The van der Waals surface area contributed by atoms with Gasteiger partial charge >= 0.3 is 0 Å². The SMILES string of the molecule is C=C(/C=C\c1[nH]nc(-c2cc(N3CCN(CC)C(=O)C3)ncn2)c1C)OC1(C)CC1. The highest BCUT2D eigenvalue weighted by Gasteiger charge is 2.39. The minimum Gasteiger partial charge on any atom is -0.488 e. The highest BCUT2D eigenvalue weighted by Crippen LogP contribution is 2.40. The first kappa shape index (κ1) is 20.1. The molecule has 1 aliphatic carbocycles. The number of ether oxygens (including phenoxy) is 1. The zero-order valence-corrected chi connectivity index (χ0v) is 17.8. The molecule has 2 aromatic heterocycles. The molecule has 8 heteroatoms. The van der Waals surface area contributed by atoms with Crippen LogP contribution in [0.15, 0.2) is 30.8 Å². The highest BCUT2D eigenvalue weighted by molar-refractivity contribution is 5.82. The van der Waals surface area contributed by atoms with Gasteiger partial charge in [-0.15, -0.1) is 0 Å². The summed E-state index contributed by atoms with van der Waals surface area (Å²) < 4.78 is 5.84. The molecule has 1 amide bonds. The first-order valence-corrected chi connectivity index (χ1v) is 10.3. The van der Waals surface area contributed by atoms with E-state index in [0.29, 0.717) is 18.8 Å². The van der Waals surface area contributed by atoms with Crippen molar-refractivity contribution >= 4 is 17.8 Å². The molecule has 0 radical (unpaired) electrons. The van der Waals surface area contributed by atoms with Crippen molar-refractivity contribution in [1.82, 2.24) is 25.1 Å². The summed E-state index contributed by atoms with van der Waals surface area (Å²) in [5, 5.41) is 7.50. The molecule has 0 unspecified atom stereocenters. The van der Waals surface area contributed by atoms with Gasteiger partial charge in [-0.1, -0.05) is 6.58 Å². The van der Waals surface area contributed by atoms with E-state index in [0.717, 1.165) is 54.4 Å². The Morgan fingerprint density at radius 3 is 2.87 bits per heavy atom. The van der Waals surface area contributed by atoms with E-state index in [4.69, 9.17) is 4.74 Å². The van der Waals surface area contributed by atoms with Crippen LogP contribution < -0.4 is 4.90 Å². The number of rotatable bonds is 7. The van der Waals surface area contributed by atoms with E-state index >= 15 is 0 Å². The third-order valence-electron chi connectivity index (χ3n) is 5.73. The summed E-state index contributed by atoms with van der Waals surface area (Å²) in [7, 11) is 0. The first-order valence-electron chi connectivity index (χ1n) is 10.3. The van der Waals surface area contributed by atoms with E-state index in [-0.39, 0.29) is 11.5 Å². The summed E-state index contributed by atoms with van der Waals surface area (Å²) in [5.74, 6) is 1.50. The monoisotopic (exact) mass is 408 g/mol. The number of anilines is 1. The minimum atomic E-state index is -0.0447. The van der Waals surface area contributed by atoms with Crippen LogP contribution in [0, 0.1) is 6.92 Å². The second-order valence-electron chi connectivity index (χ2n) is 8.12. The van der Waals surface area contributed by atoms with Gasteiger partial charge in [0.25, 0.3) is 0 Å². The van der Waals surface area contributed by atoms with Crippen molar-refractivity contribution in [3.05, 3.63) is 42.1 Å². The van der Waals surface area contributed by atoms with E-state index in [2.05, 4.69) is 33.7 Å². The quantitative estimate of drug-likeness (QED) is 0.560. The van der Waals surface area contributed by atoms with Gasteiger partial charge < -0.3 is 14.5 Å². The Morgan fingerprint density at radius 2 is 2.17 bits per heavy atom. The van der Waals surface area contributed by atoms with Crippen molar-refractivity contribution in [2.45, 2.75) is 39.2 Å². The number of H-pyrrole nitrogens is 1. The summed E-state index contributed by atoms with van der Waals surface area (Å²) >= 11 is 0. The maximum atomic E-state index is 12.2. The molecular formula is C22H28N6O2. The van der Waals surface area contributed by atoms with E-state index in [9.17, 15) is 4.79 Å². The maximum absolute atomic E-state index is 12.2. The number of carbonyl (C=O) groups excluding carboxylic acids is 1. The largest absolute Gasteiger partial charge is 0.488 e. The number of piperazine rings is 1. The fourth-order valence-corrected chi connectivity index (χ4v) is 3.52. The molecule has 1 N–H and O–H groups in total. The summed E-state index contributed by atoms with van der Waals surface area (Å²) in [4.78, 5) is 24.9. The Morgan fingerprint density at radius 1 is 1.37 bits per heavy atom. The fourth-order valence-electron chi connectivity index (χ4n) is 3.52. The number of hydrogen-bond acceptors (Lipinski definition) is 6. The fraction of sp³-hybridized carbons (Fsp3) is 0.455. The predicted molar refractivity (Wildman–Crippen MR) is 116 cm³/mol. The Balaban J connectivity index is 1.49. The van der Waals surface area contributed by atoms with Crippen molar-refractivity contribution in [1.29, 1.82) is 0 Å². The summed E-state index contributed by atoms with van der Waals surface area (Å²) in [6.07, 6.45) is 7.45. The van der Waals surface area contributed by atoms with Gasteiger partial charge in [0, 0.05) is 31.3 Å². The molecule has 30 heavy (non-hydrogen) atoms. The normalized spacial score (nSPS) is 18.2. The van der Waals surface area contributed by atoms with Crippen LogP contribution in [0.2, 0.25) is 0 Å². The Kier molecular flexibility index (Phi) is 5.32. The van der Waals surface area contributed by atoms with Crippen LogP contribution in [0.1, 0.15) is 37.9 Å². The number of nitrogens with zero attached hydrogens (tertiary/aromatic N) is 5. The van der Waals surface area contributed by atoms with E-state index in [1.54, 1.807) is 0 Å². The third-order valence-corrected chi connectivity index (χ3v) is 5.73. The number of nitrogens with one attached hydrogen (secondary N) is 1. The number of carbonyl (C=O) groups is 1. The van der Waals surface area contributed by atoms with Crippen molar-refractivity contribution in [3.8, 4) is 11.4 Å². The standard InChI is InChI=1S/C22H28N6O2/c1-5-27-10-11-28(13-20(27)29)19-12-18(23-14-24-19)21-16(3)17(25-26-21)7-6-15(2)30-22(4)8-9-22/h6-7,12,14H,2,5,8-11,13H2,1,3-4H3,(H,25,26)/b7-6-. The van der Waals surface area contributed by atoms with Gasteiger partial charge in [-0.3, -0.25) is 9.89 Å². The van der Waals surface area contributed by atoms with E-state index in [1.807, 2.05) is 41.9 Å². The number of aromatic nitrogens is 4. The molecule has 0 spiro atoms. The second kappa shape index (κ2) is 7.93. The van der Waals surface area contributed by atoms with Crippen LogP contribution in [0.25, 0.3) is 17.5 Å². The van der Waals surface area contributed by atoms with Crippen molar-refractivity contribution < 1.29 is 9.53 Å². The van der Waals surface area contributed by atoms with Gasteiger partial charge in [-0.05, 0) is 45.8 Å². The lowest BCUT2D eigenvalue weighted by Gasteiger charge is -2.34. The number of allylic oxidation sites excluding steroid dienone is 1. The third kappa shape index (κ3) is 4.22. The molecule has 1 saturated carbocycles. The molecule has 0 bridgehead atoms. The average Bonchev–Trinajstić information content (AvgIpc) is 3.34. The smallest absolute Gasteiger partial charge is 0.242 e. The van der Waals surface area contributed by atoms with Crippen LogP contribution in [-0.2, 0) is 9.53 Å². The van der Waals surface area contributed by atoms with Gasteiger partial charge in [0.15, 0.2) is 0 Å². The molecule has 2 fully saturated rings. The molecule has 158 valence electrons. The number of aromatic amines is 1. The molecular weight excluding hydrogens is 380 g/mol. The van der Waals surface area contributed by atoms with Gasteiger partial charge in [-0.25, -0.2) is 9.97 Å². The van der Waals surface area contributed by atoms with E-state index in [1.165, 1.54) is 6.33 Å². The second-order valence-corrected chi connectivity index (χ2v) is 8.12. The summed E-state index contributed by atoms with van der Waals surface area (Å²) in [6, 6.07) is 1.89. The van der Waals surface area contributed by atoms with Crippen LogP contribution in [-0.4, -0.2) is 62.8 Å². The van der Waals surface area contributed by atoms with Crippen LogP contribution >= 0.6 is 0 Å². The lowest BCUT2D eigenvalue weighted by molar-refractivity contribution is -0.130. The number of hydrogen-bond donors (Lipinski definition) is 1. The molecule has 0 aromatic carbocycles. The Hall–Kier alpha value is -3.16. The predicted octanol–water partition coefficient (Wildman–Crippen LogP) is 2.94. The molecule has 8 nitrogen and oxygen atoms in total. The minimum absolute atomic E-state index is 0.0447. The van der Waals surface area contributed by atoms with Gasteiger partial charge in [0.2, 0.25) is 5.91 Å². The zero-order chi connectivity index (χ0) is 21.3. The van der Waals surface area contributed by atoms with Gasteiger partial charge in [-0.2, -0.15) is 5.10 Å². The summed E-state index contributed by atoms with van der Waals surface area (Å²) in [6.45, 7) is 12.6. The molecule has 0 atom stereocenters. The molecule has 3 heterocycles. The first-order chi connectivity index (χ1) is 14.4. The Bertz CT molecular complexity index is 991. The van der Waals surface area contributed by atoms with Gasteiger partial charge in [0.05, 0.1) is 17.9 Å². The highest BCUT2D eigenvalue weighted by atomic mass is 16.5. The molecule has 2 aromatic rings. The molecule has 4 rings (SSSR count). The van der Waals surface area contributed by atoms with Crippen LogP contribution in [0.4, 0.5) is 5.82 Å². The zero-order valence-electron chi connectivity index (χ0n) is 17.8. The lowest BCUT2D eigenvalue weighted by atomic mass is 10.1. The molecule has 1 saturated heterocycles. The molecule has 1 aliphatic heterocycles. The topological polar surface area (TPSA) is 87.2 Å². The van der Waals surface area contributed by atoms with Crippen LogP contribution in [0.5, 0.6) is 0 Å². The van der Waals surface area contributed by atoms with E-state index < -0.39 is 0 Å². The van der Waals surface area contributed by atoms with Crippen molar-refractivity contribution in [2.75, 3.05) is 31.1 Å².